The van der Waals surface area contributed by atoms with E-state index in [4.69, 9.17) is 15.9 Å². The van der Waals surface area contributed by atoms with Crippen molar-refractivity contribution in [3.8, 4) is 0 Å². The van der Waals surface area contributed by atoms with Gasteiger partial charge in [-0.15, -0.1) is 0 Å². The SMILES string of the molecule is N[C@H](CO)Cc1cn(C(=O)O)c2ccccc12. The van der Waals surface area contributed by atoms with Gasteiger partial charge in [0.25, 0.3) is 0 Å². The summed E-state index contributed by atoms with van der Waals surface area (Å²) >= 11 is 0. The summed E-state index contributed by atoms with van der Waals surface area (Å²) < 4.78 is 1.18. The molecule has 1 aromatic carbocycles. The van der Waals surface area contributed by atoms with E-state index >= 15 is 0 Å². The van der Waals surface area contributed by atoms with Crippen molar-refractivity contribution in [3.63, 3.8) is 0 Å². The van der Waals surface area contributed by atoms with Crippen molar-refractivity contribution in [2.45, 2.75) is 12.5 Å². The fraction of sp³-hybridized carbons (Fsp3) is 0.250. The van der Waals surface area contributed by atoms with Gasteiger partial charge in [-0.1, -0.05) is 18.2 Å². The monoisotopic (exact) mass is 234 g/mol. The van der Waals surface area contributed by atoms with Crippen LogP contribution in [-0.4, -0.2) is 33.5 Å². The quantitative estimate of drug-likeness (QED) is 0.740. The molecule has 2 aromatic rings. The lowest BCUT2D eigenvalue weighted by Gasteiger charge is -2.05. The third-order valence-corrected chi connectivity index (χ3v) is 2.72. The number of carboxylic acid groups (broad SMARTS) is 1. The molecular weight excluding hydrogens is 220 g/mol. The molecule has 0 saturated carbocycles. The Hall–Kier alpha value is -1.85. The standard InChI is InChI=1S/C12H14N2O3/c13-9(7-15)5-8-6-14(12(16)17)11-4-2-1-3-10(8)11/h1-4,6,9,15H,5,7,13H2,(H,16,17)/t9-/m0/s1. The molecule has 0 aliphatic heterocycles. The number of hydrogen-bond acceptors (Lipinski definition) is 3. The van der Waals surface area contributed by atoms with Crippen LogP contribution in [0.3, 0.4) is 0 Å². The van der Waals surface area contributed by atoms with Gasteiger partial charge in [0.2, 0.25) is 0 Å². The highest BCUT2D eigenvalue weighted by molar-refractivity contribution is 5.91. The zero-order valence-electron chi connectivity index (χ0n) is 9.21. The molecule has 0 spiro atoms. The number of aromatic nitrogens is 1. The minimum Gasteiger partial charge on any atom is -0.464 e. The zero-order valence-corrected chi connectivity index (χ0v) is 9.21. The van der Waals surface area contributed by atoms with Crippen LogP contribution >= 0.6 is 0 Å². The van der Waals surface area contributed by atoms with E-state index in [9.17, 15) is 4.79 Å². The highest BCUT2D eigenvalue weighted by atomic mass is 16.4. The number of aliphatic hydroxyl groups is 1. The summed E-state index contributed by atoms with van der Waals surface area (Å²) in [7, 11) is 0. The van der Waals surface area contributed by atoms with Crippen LogP contribution in [0.1, 0.15) is 5.56 Å². The predicted octanol–water partition coefficient (Wildman–Crippen LogP) is 1.03. The summed E-state index contributed by atoms with van der Waals surface area (Å²) in [4.78, 5) is 11.1. The van der Waals surface area contributed by atoms with Crippen LogP contribution in [0.2, 0.25) is 0 Å². The smallest absolute Gasteiger partial charge is 0.416 e. The maximum Gasteiger partial charge on any atom is 0.416 e. The van der Waals surface area contributed by atoms with Crippen molar-refractivity contribution in [1.29, 1.82) is 0 Å². The fourth-order valence-corrected chi connectivity index (χ4v) is 1.92. The largest absolute Gasteiger partial charge is 0.464 e. The Labute approximate surface area is 98.1 Å². The third-order valence-electron chi connectivity index (χ3n) is 2.72. The van der Waals surface area contributed by atoms with Crippen LogP contribution in [0.15, 0.2) is 30.5 Å². The van der Waals surface area contributed by atoms with E-state index in [2.05, 4.69) is 0 Å². The molecule has 0 amide bonds. The molecule has 17 heavy (non-hydrogen) atoms. The fourth-order valence-electron chi connectivity index (χ4n) is 1.92. The van der Waals surface area contributed by atoms with Crippen LogP contribution in [0.25, 0.3) is 10.9 Å². The van der Waals surface area contributed by atoms with Gasteiger partial charge in [-0.2, -0.15) is 0 Å². The van der Waals surface area contributed by atoms with Gasteiger partial charge >= 0.3 is 6.09 Å². The molecule has 4 N–H and O–H groups in total. The van der Waals surface area contributed by atoms with Gasteiger partial charge in [0.05, 0.1) is 12.1 Å². The lowest BCUT2D eigenvalue weighted by molar-refractivity contribution is 0.197. The number of hydrogen-bond donors (Lipinski definition) is 3. The summed E-state index contributed by atoms with van der Waals surface area (Å²) in [6.07, 6.45) is 0.991. The molecular formula is C12H14N2O3. The first-order chi connectivity index (χ1) is 8.13. The molecule has 0 radical (unpaired) electrons. The molecule has 0 aliphatic carbocycles. The minimum atomic E-state index is -1.02. The Balaban J connectivity index is 2.52. The van der Waals surface area contributed by atoms with Crippen LogP contribution in [0, 0.1) is 0 Å². The number of aliphatic hydroxyl groups excluding tert-OH is 1. The van der Waals surface area contributed by atoms with Gasteiger partial charge in [-0.05, 0) is 18.1 Å². The van der Waals surface area contributed by atoms with E-state index in [1.807, 2.05) is 12.1 Å². The molecule has 1 heterocycles. The molecule has 0 bridgehead atoms. The molecule has 0 saturated heterocycles. The van der Waals surface area contributed by atoms with E-state index in [1.165, 1.54) is 4.57 Å². The number of rotatable bonds is 3. The first kappa shape index (κ1) is 11.6. The molecule has 1 atom stereocenters. The second-order valence-corrected chi connectivity index (χ2v) is 3.97. The van der Waals surface area contributed by atoms with E-state index in [-0.39, 0.29) is 12.6 Å². The van der Waals surface area contributed by atoms with Gasteiger partial charge in [0, 0.05) is 17.6 Å². The maximum atomic E-state index is 11.1. The van der Waals surface area contributed by atoms with Crippen molar-refractivity contribution in [1.82, 2.24) is 4.57 Å². The number of para-hydroxylation sites is 1. The third kappa shape index (κ3) is 2.15. The Morgan fingerprint density at radius 1 is 1.41 bits per heavy atom. The molecule has 90 valence electrons. The van der Waals surface area contributed by atoms with E-state index < -0.39 is 6.09 Å². The van der Waals surface area contributed by atoms with Crippen molar-refractivity contribution in [3.05, 3.63) is 36.0 Å². The summed E-state index contributed by atoms with van der Waals surface area (Å²) in [5.74, 6) is 0. The maximum absolute atomic E-state index is 11.1. The molecule has 0 aliphatic rings. The molecule has 5 heteroatoms. The van der Waals surface area contributed by atoms with E-state index in [0.717, 1.165) is 10.9 Å². The van der Waals surface area contributed by atoms with Crippen LogP contribution in [0.5, 0.6) is 0 Å². The Bertz CT molecular complexity index is 548. The van der Waals surface area contributed by atoms with Crippen molar-refractivity contribution in [2.24, 2.45) is 5.73 Å². The van der Waals surface area contributed by atoms with Gasteiger partial charge < -0.3 is 15.9 Å². The lowest BCUT2D eigenvalue weighted by atomic mass is 10.1. The Morgan fingerprint density at radius 2 is 2.12 bits per heavy atom. The normalized spacial score (nSPS) is 12.8. The average molecular weight is 234 g/mol. The van der Waals surface area contributed by atoms with Crippen molar-refractivity contribution in [2.75, 3.05) is 6.61 Å². The zero-order chi connectivity index (χ0) is 12.4. The summed E-state index contributed by atoms with van der Waals surface area (Å²) in [6.45, 7) is -0.118. The van der Waals surface area contributed by atoms with Crippen LogP contribution < -0.4 is 5.73 Å². The molecule has 1 aromatic heterocycles. The topological polar surface area (TPSA) is 88.5 Å². The predicted molar refractivity (Wildman–Crippen MR) is 64.1 cm³/mol. The molecule has 2 rings (SSSR count). The highest BCUT2D eigenvalue weighted by Crippen LogP contribution is 2.22. The highest BCUT2D eigenvalue weighted by Gasteiger charge is 2.13. The lowest BCUT2D eigenvalue weighted by Crippen LogP contribution is -2.26. The first-order valence-corrected chi connectivity index (χ1v) is 5.32. The Kier molecular flexibility index (Phi) is 3.12. The molecule has 5 nitrogen and oxygen atoms in total. The Morgan fingerprint density at radius 3 is 2.76 bits per heavy atom. The summed E-state index contributed by atoms with van der Waals surface area (Å²) in [5, 5.41) is 18.9. The second kappa shape index (κ2) is 4.57. The van der Waals surface area contributed by atoms with Gasteiger partial charge in [0.1, 0.15) is 0 Å². The molecule has 0 fully saturated rings. The second-order valence-electron chi connectivity index (χ2n) is 3.97. The van der Waals surface area contributed by atoms with Crippen LogP contribution in [-0.2, 0) is 6.42 Å². The van der Waals surface area contributed by atoms with Gasteiger partial charge in [-0.25, -0.2) is 4.79 Å². The average Bonchev–Trinajstić information content (AvgIpc) is 2.68. The number of fused-ring (bicyclic) bond motifs is 1. The van der Waals surface area contributed by atoms with E-state index in [1.54, 1.807) is 18.3 Å². The number of carbonyl (C=O) groups is 1. The van der Waals surface area contributed by atoms with E-state index in [0.29, 0.717) is 11.9 Å². The summed E-state index contributed by atoms with van der Waals surface area (Å²) in [6, 6.07) is 6.87. The van der Waals surface area contributed by atoms with Crippen LogP contribution in [0.4, 0.5) is 4.79 Å². The number of nitrogens with two attached hydrogens (primary N) is 1. The molecule has 0 unspecified atom stereocenters. The van der Waals surface area contributed by atoms with Crippen molar-refractivity contribution >= 4 is 17.0 Å². The first-order valence-electron chi connectivity index (χ1n) is 5.32. The van der Waals surface area contributed by atoms with Gasteiger partial charge in [-0.3, -0.25) is 4.57 Å². The van der Waals surface area contributed by atoms with Gasteiger partial charge in [0.15, 0.2) is 0 Å². The number of benzene rings is 1. The minimum absolute atomic E-state index is 0.118. The van der Waals surface area contributed by atoms with Crippen molar-refractivity contribution < 1.29 is 15.0 Å². The number of nitrogens with zero attached hydrogens (tertiary/aromatic N) is 1. The summed E-state index contributed by atoms with van der Waals surface area (Å²) in [5.41, 5.74) is 7.15.